The van der Waals surface area contributed by atoms with Gasteiger partial charge in [-0.1, -0.05) is 6.42 Å². The Labute approximate surface area is 88.6 Å². The van der Waals surface area contributed by atoms with Crippen molar-refractivity contribution >= 4 is 12.0 Å². The van der Waals surface area contributed by atoms with Gasteiger partial charge in [-0.2, -0.15) is 0 Å². The number of likely N-dealkylation sites (tertiary alicyclic amines) is 2. The molecule has 0 unspecified atom stereocenters. The molecule has 5 nitrogen and oxygen atoms in total. The summed E-state index contributed by atoms with van der Waals surface area (Å²) in [6, 6.07) is -0.104. The Morgan fingerprint density at radius 1 is 1.33 bits per heavy atom. The Hall–Kier alpha value is -1.10. The molecule has 2 saturated heterocycles. The summed E-state index contributed by atoms with van der Waals surface area (Å²) in [6.45, 7) is 2.80. The van der Waals surface area contributed by atoms with Crippen molar-refractivity contribution in [1.29, 1.82) is 0 Å². The molecular formula is C10H16N2O3. The number of rotatable bonds is 2. The minimum Gasteiger partial charge on any atom is -0.465 e. The first-order valence-electron chi connectivity index (χ1n) is 5.46. The van der Waals surface area contributed by atoms with E-state index in [1.165, 1.54) is 19.3 Å². The molecule has 0 aromatic heterocycles. The number of amides is 2. The van der Waals surface area contributed by atoms with Crippen molar-refractivity contribution in [2.24, 2.45) is 0 Å². The van der Waals surface area contributed by atoms with Gasteiger partial charge >= 0.3 is 6.09 Å². The van der Waals surface area contributed by atoms with E-state index in [0.29, 0.717) is 6.42 Å². The van der Waals surface area contributed by atoms with Crippen molar-refractivity contribution in [2.45, 2.75) is 31.7 Å². The normalized spacial score (nSPS) is 27.6. The number of hydrogen-bond acceptors (Lipinski definition) is 3. The van der Waals surface area contributed by atoms with Gasteiger partial charge in [0, 0.05) is 13.0 Å². The quantitative estimate of drug-likeness (QED) is 0.686. The zero-order valence-corrected chi connectivity index (χ0v) is 8.69. The zero-order chi connectivity index (χ0) is 10.8. The van der Waals surface area contributed by atoms with E-state index >= 15 is 0 Å². The lowest BCUT2D eigenvalue weighted by molar-refractivity contribution is -0.143. The second-order valence-electron chi connectivity index (χ2n) is 4.27. The zero-order valence-electron chi connectivity index (χ0n) is 8.69. The van der Waals surface area contributed by atoms with Crippen molar-refractivity contribution < 1.29 is 14.7 Å². The molecule has 2 aliphatic heterocycles. The van der Waals surface area contributed by atoms with Crippen LogP contribution in [0.2, 0.25) is 0 Å². The van der Waals surface area contributed by atoms with Crippen LogP contribution in [-0.2, 0) is 4.79 Å². The van der Waals surface area contributed by atoms with Crippen LogP contribution in [0.15, 0.2) is 0 Å². The number of carbonyl (C=O) groups excluding carboxylic acids is 1. The standard InChI is InChI=1S/C10H16N2O3/c13-9-6-8(12(9)10(14)15)7-11-4-2-1-3-5-11/h8H,1-7H2,(H,14,15)/t8-/m1/s1. The molecule has 5 heteroatoms. The molecule has 1 N–H and O–H groups in total. The largest absolute Gasteiger partial charge is 0.465 e. The van der Waals surface area contributed by atoms with E-state index in [2.05, 4.69) is 4.90 Å². The van der Waals surface area contributed by atoms with Gasteiger partial charge in [0.05, 0.1) is 6.04 Å². The minimum atomic E-state index is -1.10. The maximum Gasteiger partial charge on any atom is 0.414 e. The fourth-order valence-corrected chi connectivity index (χ4v) is 2.33. The molecule has 0 aromatic rings. The highest BCUT2D eigenvalue weighted by molar-refractivity contribution is 5.96. The predicted molar refractivity (Wildman–Crippen MR) is 53.6 cm³/mol. The van der Waals surface area contributed by atoms with Crippen LogP contribution in [-0.4, -0.2) is 52.6 Å². The molecular weight excluding hydrogens is 196 g/mol. The third-order valence-corrected chi connectivity index (χ3v) is 3.17. The number of nitrogens with zero attached hydrogens (tertiary/aromatic N) is 2. The fraction of sp³-hybridized carbons (Fsp3) is 0.800. The van der Waals surface area contributed by atoms with Crippen LogP contribution < -0.4 is 0 Å². The van der Waals surface area contributed by atoms with E-state index in [-0.39, 0.29) is 11.9 Å². The Balaban J connectivity index is 1.84. The molecule has 0 radical (unpaired) electrons. The molecule has 0 spiro atoms. The van der Waals surface area contributed by atoms with Gasteiger partial charge in [0.15, 0.2) is 0 Å². The lowest BCUT2D eigenvalue weighted by Crippen LogP contribution is -2.59. The number of imide groups is 1. The first-order chi connectivity index (χ1) is 7.18. The molecule has 15 heavy (non-hydrogen) atoms. The van der Waals surface area contributed by atoms with E-state index in [0.717, 1.165) is 24.5 Å². The number of piperidine rings is 1. The molecule has 2 rings (SSSR count). The number of carbonyl (C=O) groups is 2. The summed E-state index contributed by atoms with van der Waals surface area (Å²) >= 11 is 0. The smallest absolute Gasteiger partial charge is 0.414 e. The average molecular weight is 212 g/mol. The number of β-lactam (4-membered cyclic amide) rings is 1. The average Bonchev–Trinajstić information content (AvgIpc) is 2.17. The number of hydrogen-bond donors (Lipinski definition) is 1. The predicted octanol–water partition coefficient (Wildman–Crippen LogP) is 0.751. The van der Waals surface area contributed by atoms with Crippen LogP contribution in [0.1, 0.15) is 25.7 Å². The summed E-state index contributed by atoms with van der Waals surface area (Å²) in [5, 5.41) is 8.79. The van der Waals surface area contributed by atoms with E-state index in [9.17, 15) is 9.59 Å². The maximum absolute atomic E-state index is 11.1. The molecule has 0 bridgehead atoms. The van der Waals surface area contributed by atoms with Gasteiger partial charge in [-0.25, -0.2) is 9.69 Å². The topological polar surface area (TPSA) is 60.9 Å². The highest BCUT2D eigenvalue weighted by Crippen LogP contribution is 2.21. The number of carboxylic acid groups (broad SMARTS) is 1. The van der Waals surface area contributed by atoms with Crippen LogP contribution in [0.5, 0.6) is 0 Å². The molecule has 0 aliphatic carbocycles. The molecule has 0 saturated carbocycles. The summed E-state index contributed by atoms with van der Waals surface area (Å²) in [4.78, 5) is 25.0. The summed E-state index contributed by atoms with van der Waals surface area (Å²) < 4.78 is 0. The highest BCUT2D eigenvalue weighted by Gasteiger charge is 2.41. The highest BCUT2D eigenvalue weighted by atomic mass is 16.4. The van der Waals surface area contributed by atoms with E-state index in [4.69, 9.17) is 5.11 Å². The summed E-state index contributed by atoms with van der Waals surface area (Å²) in [6.07, 6.45) is 2.93. The van der Waals surface area contributed by atoms with Crippen LogP contribution in [0.3, 0.4) is 0 Å². The third-order valence-electron chi connectivity index (χ3n) is 3.17. The van der Waals surface area contributed by atoms with Gasteiger partial charge in [0.2, 0.25) is 5.91 Å². The fourth-order valence-electron chi connectivity index (χ4n) is 2.33. The second kappa shape index (κ2) is 4.18. The summed E-state index contributed by atoms with van der Waals surface area (Å²) in [5.41, 5.74) is 0. The van der Waals surface area contributed by atoms with E-state index < -0.39 is 6.09 Å². The first kappa shape index (κ1) is 10.4. The van der Waals surface area contributed by atoms with Crippen molar-refractivity contribution in [3.63, 3.8) is 0 Å². The van der Waals surface area contributed by atoms with Crippen molar-refractivity contribution in [2.75, 3.05) is 19.6 Å². The Morgan fingerprint density at radius 2 is 2.00 bits per heavy atom. The SMILES string of the molecule is O=C(O)N1C(=O)C[C@@H]1CN1CCCCC1. The van der Waals surface area contributed by atoms with Crippen molar-refractivity contribution in [3.8, 4) is 0 Å². The molecule has 2 fully saturated rings. The van der Waals surface area contributed by atoms with Gasteiger partial charge in [-0.05, 0) is 25.9 Å². The van der Waals surface area contributed by atoms with Gasteiger partial charge in [-0.15, -0.1) is 0 Å². The van der Waals surface area contributed by atoms with Crippen LogP contribution in [0.4, 0.5) is 4.79 Å². The molecule has 1 atom stereocenters. The lowest BCUT2D eigenvalue weighted by Gasteiger charge is -2.40. The van der Waals surface area contributed by atoms with Crippen LogP contribution in [0, 0.1) is 0 Å². The second-order valence-corrected chi connectivity index (χ2v) is 4.27. The van der Waals surface area contributed by atoms with Gasteiger partial charge in [0.1, 0.15) is 0 Å². The molecule has 2 heterocycles. The van der Waals surface area contributed by atoms with E-state index in [1.54, 1.807) is 0 Å². The van der Waals surface area contributed by atoms with Gasteiger partial charge in [0.25, 0.3) is 0 Å². The minimum absolute atomic E-state index is 0.104. The molecule has 84 valence electrons. The monoisotopic (exact) mass is 212 g/mol. The maximum atomic E-state index is 11.1. The summed E-state index contributed by atoms with van der Waals surface area (Å²) in [7, 11) is 0. The molecule has 0 aromatic carbocycles. The lowest BCUT2D eigenvalue weighted by atomic mass is 10.0. The van der Waals surface area contributed by atoms with Crippen molar-refractivity contribution in [1.82, 2.24) is 9.80 Å². The third kappa shape index (κ3) is 2.12. The molecule has 2 amide bonds. The Kier molecular flexibility index (Phi) is 2.90. The van der Waals surface area contributed by atoms with Crippen molar-refractivity contribution in [3.05, 3.63) is 0 Å². The van der Waals surface area contributed by atoms with Crippen LogP contribution in [0.25, 0.3) is 0 Å². The summed E-state index contributed by atoms with van der Waals surface area (Å²) in [5.74, 6) is -0.260. The Morgan fingerprint density at radius 3 is 2.53 bits per heavy atom. The van der Waals surface area contributed by atoms with Gasteiger partial charge < -0.3 is 10.0 Å². The molecule has 2 aliphatic rings. The Bertz CT molecular complexity index is 266. The van der Waals surface area contributed by atoms with Gasteiger partial charge in [-0.3, -0.25) is 4.79 Å². The van der Waals surface area contributed by atoms with E-state index in [1.807, 2.05) is 0 Å². The first-order valence-corrected chi connectivity index (χ1v) is 5.46. The van der Waals surface area contributed by atoms with Crippen LogP contribution >= 0.6 is 0 Å².